The maximum Gasteiger partial charge on any atom is 0.336 e. The molecule has 0 saturated carbocycles. The molecule has 0 aliphatic carbocycles. The summed E-state index contributed by atoms with van der Waals surface area (Å²) in [4.78, 5) is 42.5. The van der Waals surface area contributed by atoms with Gasteiger partial charge in [0.2, 0.25) is 5.91 Å². The first-order chi connectivity index (χ1) is 16.4. The highest BCUT2D eigenvalue weighted by Gasteiger charge is 2.37. The number of hydrogen-bond donors (Lipinski definition) is 0. The van der Waals surface area contributed by atoms with Gasteiger partial charge in [0.1, 0.15) is 0 Å². The summed E-state index contributed by atoms with van der Waals surface area (Å²) < 4.78 is 5.36. The van der Waals surface area contributed by atoms with Crippen molar-refractivity contribution >= 4 is 29.4 Å². The van der Waals surface area contributed by atoms with Crippen LogP contribution in [0.15, 0.2) is 59.8 Å². The predicted octanol–water partition coefficient (Wildman–Crippen LogP) is 4.93. The normalized spacial score (nSPS) is 18.4. The molecule has 2 aromatic carbocycles. The maximum absolute atomic E-state index is 13.3. The van der Waals surface area contributed by atoms with E-state index in [1.807, 2.05) is 41.3 Å². The molecule has 4 rings (SSSR count). The van der Waals surface area contributed by atoms with Crippen molar-refractivity contribution in [3.63, 3.8) is 0 Å². The van der Waals surface area contributed by atoms with Crippen molar-refractivity contribution in [3.05, 3.63) is 81.5 Å². The highest BCUT2D eigenvalue weighted by atomic mass is 35.5. The molecule has 1 unspecified atom stereocenters. The van der Waals surface area contributed by atoms with Gasteiger partial charge in [0, 0.05) is 41.7 Å². The monoisotopic (exact) mass is 480 g/mol. The molecule has 1 fully saturated rings. The minimum Gasteiger partial charge on any atom is -0.463 e. The third-order valence-corrected chi connectivity index (χ3v) is 6.75. The maximum atomic E-state index is 13.3. The lowest BCUT2D eigenvalue weighted by molar-refractivity contribution is -0.140. The van der Waals surface area contributed by atoms with E-state index in [0.717, 1.165) is 37.1 Å². The number of benzene rings is 2. The molecule has 178 valence electrons. The van der Waals surface area contributed by atoms with Gasteiger partial charge in [-0.15, -0.1) is 0 Å². The first-order valence-corrected chi connectivity index (χ1v) is 12.1. The summed E-state index contributed by atoms with van der Waals surface area (Å²) in [6.07, 6.45) is 2.21. The average Bonchev–Trinajstić information content (AvgIpc) is 3.37. The number of esters is 1. The number of likely N-dealkylation sites (tertiary alicyclic amines) is 1. The Morgan fingerprint density at radius 1 is 1.09 bits per heavy atom. The van der Waals surface area contributed by atoms with Gasteiger partial charge < -0.3 is 14.5 Å². The quantitative estimate of drug-likeness (QED) is 0.550. The van der Waals surface area contributed by atoms with E-state index in [2.05, 4.69) is 0 Å². The molecule has 2 aromatic rings. The van der Waals surface area contributed by atoms with Crippen molar-refractivity contribution in [2.45, 2.75) is 45.6 Å². The Kier molecular flexibility index (Phi) is 7.37. The van der Waals surface area contributed by atoms with E-state index < -0.39 is 11.9 Å². The molecule has 7 heteroatoms. The Morgan fingerprint density at radius 2 is 1.79 bits per heavy atom. The second kappa shape index (κ2) is 10.4. The van der Waals surface area contributed by atoms with Gasteiger partial charge in [-0.2, -0.15) is 0 Å². The number of allylic oxidation sites excluding steroid dienone is 1. The zero-order valence-electron chi connectivity index (χ0n) is 19.6. The van der Waals surface area contributed by atoms with Crippen LogP contribution < -0.4 is 0 Å². The lowest BCUT2D eigenvalue weighted by Gasteiger charge is -2.34. The molecule has 2 aliphatic heterocycles. The molecule has 0 N–H and O–H groups in total. The number of hydrogen-bond acceptors (Lipinski definition) is 4. The number of carbonyl (C=O) groups excluding carboxylic acids is 3. The summed E-state index contributed by atoms with van der Waals surface area (Å²) in [7, 11) is 0. The van der Waals surface area contributed by atoms with Crippen LogP contribution in [0.3, 0.4) is 0 Å². The van der Waals surface area contributed by atoms with E-state index in [1.165, 1.54) is 0 Å². The van der Waals surface area contributed by atoms with E-state index >= 15 is 0 Å². The van der Waals surface area contributed by atoms with E-state index in [4.69, 9.17) is 16.3 Å². The first-order valence-electron chi connectivity index (χ1n) is 11.7. The fraction of sp³-hybridized carbons (Fsp3) is 0.370. The lowest BCUT2D eigenvalue weighted by atomic mass is 9.83. The fourth-order valence-electron chi connectivity index (χ4n) is 4.74. The third-order valence-electron chi connectivity index (χ3n) is 6.50. The molecule has 0 aromatic heterocycles. The molecule has 0 radical (unpaired) electrons. The zero-order chi connectivity index (χ0) is 24.2. The number of carbonyl (C=O) groups is 3. The molecule has 6 nitrogen and oxygen atoms in total. The Labute approximate surface area is 205 Å². The van der Waals surface area contributed by atoms with Gasteiger partial charge in [-0.1, -0.05) is 35.9 Å². The van der Waals surface area contributed by atoms with Gasteiger partial charge in [0.25, 0.3) is 5.91 Å². The Balaban J connectivity index is 1.64. The van der Waals surface area contributed by atoms with Gasteiger partial charge in [-0.3, -0.25) is 9.59 Å². The molecule has 1 atom stereocenters. The summed E-state index contributed by atoms with van der Waals surface area (Å²) in [5, 5.41) is 0.592. The second-order valence-corrected chi connectivity index (χ2v) is 9.14. The molecule has 2 aliphatic rings. The number of ether oxygens (including phenoxy) is 1. The van der Waals surface area contributed by atoms with Gasteiger partial charge in [0.05, 0.1) is 18.7 Å². The van der Waals surface area contributed by atoms with Crippen molar-refractivity contribution in [2.24, 2.45) is 0 Å². The molecular formula is C27H29ClN2O4. The van der Waals surface area contributed by atoms with Crippen molar-refractivity contribution in [3.8, 4) is 0 Å². The number of halogens is 1. The van der Waals surface area contributed by atoms with Crippen LogP contribution in [0.5, 0.6) is 0 Å². The minimum atomic E-state index is -0.421. The smallest absolute Gasteiger partial charge is 0.336 e. The van der Waals surface area contributed by atoms with Crippen LogP contribution in [-0.2, 0) is 20.9 Å². The molecular weight excluding hydrogens is 452 g/mol. The van der Waals surface area contributed by atoms with Gasteiger partial charge in [-0.05, 0) is 62.1 Å². The third kappa shape index (κ3) is 5.02. The highest BCUT2D eigenvalue weighted by Crippen LogP contribution is 2.38. The largest absolute Gasteiger partial charge is 0.463 e. The molecule has 0 spiro atoms. The lowest BCUT2D eigenvalue weighted by Crippen LogP contribution is -2.38. The van der Waals surface area contributed by atoms with Crippen molar-refractivity contribution in [1.29, 1.82) is 0 Å². The second-order valence-electron chi connectivity index (χ2n) is 8.71. The Morgan fingerprint density at radius 3 is 2.47 bits per heavy atom. The summed E-state index contributed by atoms with van der Waals surface area (Å²) in [6.45, 7) is 5.64. The standard InChI is InChI=1S/C27H29ClN2O4/c1-3-34-27(33)25-18(2)30(24(31)16-23(25)20-9-11-22(28)12-10-20)17-19-7-6-8-21(15-19)26(32)29-13-4-5-14-29/h6-12,15,23H,3-5,13-14,16-17H2,1-2H3. The number of rotatable bonds is 6. The summed E-state index contributed by atoms with van der Waals surface area (Å²) in [5.74, 6) is -0.882. The molecule has 0 bridgehead atoms. The Bertz CT molecular complexity index is 1120. The van der Waals surface area contributed by atoms with Crippen molar-refractivity contribution < 1.29 is 19.1 Å². The SMILES string of the molecule is CCOC(=O)C1=C(C)N(Cc2cccc(C(=O)N3CCCC3)c2)C(=O)CC1c1ccc(Cl)cc1. The van der Waals surface area contributed by atoms with E-state index in [1.54, 1.807) is 30.9 Å². The highest BCUT2D eigenvalue weighted by molar-refractivity contribution is 6.30. The van der Waals surface area contributed by atoms with Crippen LogP contribution in [0, 0.1) is 0 Å². The summed E-state index contributed by atoms with van der Waals surface area (Å²) in [6, 6.07) is 14.6. The van der Waals surface area contributed by atoms with Gasteiger partial charge in [-0.25, -0.2) is 4.79 Å². The van der Waals surface area contributed by atoms with E-state index in [0.29, 0.717) is 21.9 Å². The van der Waals surface area contributed by atoms with Crippen LogP contribution in [0.4, 0.5) is 0 Å². The van der Waals surface area contributed by atoms with E-state index in [-0.39, 0.29) is 31.4 Å². The molecule has 1 saturated heterocycles. The average molecular weight is 481 g/mol. The van der Waals surface area contributed by atoms with Crippen LogP contribution in [0.2, 0.25) is 5.02 Å². The predicted molar refractivity (Wildman–Crippen MR) is 130 cm³/mol. The molecule has 2 amide bonds. The molecule has 34 heavy (non-hydrogen) atoms. The van der Waals surface area contributed by atoms with Crippen LogP contribution >= 0.6 is 11.6 Å². The van der Waals surface area contributed by atoms with E-state index in [9.17, 15) is 14.4 Å². The van der Waals surface area contributed by atoms with Crippen LogP contribution in [-0.4, -0.2) is 47.3 Å². The zero-order valence-corrected chi connectivity index (χ0v) is 20.3. The summed E-state index contributed by atoms with van der Waals surface area (Å²) >= 11 is 6.04. The van der Waals surface area contributed by atoms with Crippen molar-refractivity contribution in [2.75, 3.05) is 19.7 Å². The van der Waals surface area contributed by atoms with Crippen LogP contribution in [0.1, 0.15) is 60.5 Å². The van der Waals surface area contributed by atoms with Gasteiger partial charge >= 0.3 is 5.97 Å². The Hall–Kier alpha value is -3.12. The first kappa shape index (κ1) is 24.0. The molecule has 2 heterocycles. The van der Waals surface area contributed by atoms with Gasteiger partial charge in [0.15, 0.2) is 0 Å². The van der Waals surface area contributed by atoms with Crippen molar-refractivity contribution in [1.82, 2.24) is 9.80 Å². The summed E-state index contributed by atoms with van der Waals surface area (Å²) in [5.41, 5.74) is 3.36. The fourth-order valence-corrected chi connectivity index (χ4v) is 4.87. The topological polar surface area (TPSA) is 66.9 Å². The number of nitrogens with zero attached hydrogens (tertiary/aromatic N) is 2. The van der Waals surface area contributed by atoms with Crippen LogP contribution in [0.25, 0.3) is 0 Å². The number of amides is 2. The minimum absolute atomic E-state index is 0.0200.